The predicted octanol–water partition coefficient (Wildman–Crippen LogP) is 3.24. The van der Waals surface area contributed by atoms with E-state index in [1.165, 1.54) is 12.8 Å². The van der Waals surface area contributed by atoms with E-state index in [9.17, 15) is 0 Å². The molecule has 88 valence electrons. The second-order valence-electron chi connectivity index (χ2n) is 4.59. The number of hydrogen-bond acceptors (Lipinski definition) is 3. The van der Waals surface area contributed by atoms with Gasteiger partial charge in [0.05, 0.1) is 16.9 Å². The molecule has 0 amide bonds. The average molecular weight is 292 g/mol. The number of rotatable bonds is 3. The molecule has 1 saturated carbocycles. The first-order valence-electron chi connectivity index (χ1n) is 5.82. The van der Waals surface area contributed by atoms with E-state index < -0.39 is 0 Å². The molecule has 3 nitrogen and oxygen atoms in total. The number of nitrogens with zero attached hydrogens (tertiary/aromatic N) is 1. The van der Waals surface area contributed by atoms with E-state index in [2.05, 4.69) is 33.5 Å². The lowest BCUT2D eigenvalue weighted by Crippen LogP contribution is -2.11. The van der Waals surface area contributed by atoms with E-state index >= 15 is 0 Å². The smallest absolute Gasteiger partial charge is 0.0848 e. The van der Waals surface area contributed by atoms with Crippen molar-refractivity contribution in [2.45, 2.75) is 19.3 Å². The summed E-state index contributed by atoms with van der Waals surface area (Å²) < 4.78 is 1.04. The van der Waals surface area contributed by atoms with Gasteiger partial charge in [-0.1, -0.05) is 12.1 Å². The van der Waals surface area contributed by atoms with Crippen LogP contribution in [0.5, 0.6) is 0 Å². The molecule has 0 radical (unpaired) electrons. The Morgan fingerprint density at radius 3 is 2.94 bits per heavy atom. The predicted molar refractivity (Wildman–Crippen MR) is 73.7 cm³/mol. The Morgan fingerprint density at radius 1 is 1.41 bits per heavy atom. The summed E-state index contributed by atoms with van der Waals surface area (Å²) in [6.07, 6.45) is 3.66. The highest BCUT2D eigenvalue weighted by Crippen LogP contribution is 2.35. The number of nitrogen functional groups attached to an aromatic ring is 1. The van der Waals surface area contributed by atoms with E-state index in [4.69, 9.17) is 10.8 Å². The summed E-state index contributed by atoms with van der Waals surface area (Å²) in [5.74, 6) is 6.37. The summed E-state index contributed by atoms with van der Waals surface area (Å²) in [4.78, 5) is 4.74. The van der Waals surface area contributed by atoms with Crippen LogP contribution < -0.4 is 11.3 Å². The molecule has 0 bridgehead atoms. The molecule has 2 aromatic rings. The van der Waals surface area contributed by atoms with Crippen molar-refractivity contribution < 1.29 is 0 Å². The zero-order valence-electron chi connectivity index (χ0n) is 9.41. The first-order valence-corrected chi connectivity index (χ1v) is 6.62. The molecule has 0 unspecified atom stereocenters. The van der Waals surface area contributed by atoms with Crippen LogP contribution in [-0.2, 0) is 6.42 Å². The quantitative estimate of drug-likeness (QED) is 0.674. The van der Waals surface area contributed by atoms with Crippen molar-refractivity contribution in [3.8, 4) is 0 Å². The SMILES string of the molecule is NNc1cc2cccc(Br)c2nc1CC1CC1. The van der Waals surface area contributed by atoms with Gasteiger partial charge in [0.1, 0.15) is 0 Å². The lowest BCUT2D eigenvalue weighted by Gasteiger charge is -2.10. The summed E-state index contributed by atoms with van der Waals surface area (Å²) in [6.45, 7) is 0. The first kappa shape index (κ1) is 11.0. The Hall–Kier alpha value is -1.13. The third-order valence-electron chi connectivity index (χ3n) is 3.21. The second kappa shape index (κ2) is 4.27. The maximum atomic E-state index is 5.57. The van der Waals surface area contributed by atoms with Crippen LogP contribution in [0.3, 0.4) is 0 Å². The van der Waals surface area contributed by atoms with Gasteiger partial charge in [-0.05, 0) is 53.2 Å². The Kier molecular flexibility index (Phi) is 2.76. The molecule has 1 aliphatic carbocycles. The highest BCUT2D eigenvalue weighted by molar-refractivity contribution is 9.10. The molecule has 3 N–H and O–H groups in total. The number of anilines is 1. The summed E-state index contributed by atoms with van der Waals surface area (Å²) >= 11 is 3.55. The van der Waals surface area contributed by atoms with Gasteiger partial charge < -0.3 is 5.43 Å². The third kappa shape index (κ3) is 2.15. The van der Waals surface area contributed by atoms with Gasteiger partial charge in [0.25, 0.3) is 0 Å². The van der Waals surface area contributed by atoms with Gasteiger partial charge in [-0.2, -0.15) is 0 Å². The van der Waals surface area contributed by atoms with Crippen molar-refractivity contribution in [2.24, 2.45) is 11.8 Å². The Balaban J connectivity index is 2.14. The summed E-state index contributed by atoms with van der Waals surface area (Å²) in [6, 6.07) is 8.15. The van der Waals surface area contributed by atoms with Crippen LogP contribution in [0.1, 0.15) is 18.5 Å². The number of pyridine rings is 1. The molecule has 1 fully saturated rings. The van der Waals surface area contributed by atoms with Crippen LogP contribution in [0.15, 0.2) is 28.7 Å². The summed E-state index contributed by atoms with van der Waals surface area (Å²) in [5, 5.41) is 1.10. The molecular weight excluding hydrogens is 278 g/mol. The number of aromatic nitrogens is 1. The normalized spacial score (nSPS) is 15.2. The number of nitrogens with two attached hydrogens (primary N) is 1. The van der Waals surface area contributed by atoms with E-state index in [-0.39, 0.29) is 0 Å². The molecule has 1 aromatic heterocycles. The minimum Gasteiger partial charge on any atom is -0.322 e. The van der Waals surface area contributed by atoms with E-state index in [1.807, 2.05) is 12.1 Å². The minimum atomic E-state index is 0.800. The fraction of sp³-hybridized carbons (Fsp3) is 0.308. The number of nitrogens with one attached hydrogen (secondary N) is 1. The van der Waals surface area contributed by atoms with Gasteiger partial charge in [-0.15, -0.1) is 0 Å². The van der Waals surface area contributed by atoms with E-state index in [1.54, 1.807) is 0 Å². The van der Waals surface area contributed by atoms with Crippen LogP contribution in [0.4, 0.5) is 5.69 Å². The molecule has 1 aromatic carbocycles. The molecule has 0 saturated heterocycles. The zero-order valence-corrected chi connectivity index (χ0v) is 11.0. The number of benzene rings is 1. The Bertz CT molecular complexity index is 564. The molecule has 17 heavy (non-hydrogen) atoms. The number of hydrazine groups is 1. The van der Waals surface area contributed by atoms with Crippen molar-refractivity contribution in [1.82, 2.24) is 4.98 Å². The van der Waals surface area contributed by atoms with Crippen LogP contribution in [0.25, 0.3) is 10.9 Å². The first-order chi connectivity index (χ1) is 8.28. The van der Waals surface area contributed by atoms with Crippen molar-refractivity contribution in [3.63, 3.8) is 0 Å². The van der Waals surface area contributed by atoms with Gasteiger partial charge >= 0.3 is 0 Å². The van der Waals surface area contributed by atoms with Crippen molar-refractivity contribution in [2.75, 3.05) is 5.43 Å². The molecule has 0 spiro atoms. The van der Waals surface area contributed by atoms with Crippen molar-refractivity contribution in [3.05, 3.63) is 34.4 Å². The number of halogens is 1. The lowest BCUT2D eigenvalue weighted by atomic mass is 10.1. The standard InChI is InChI=1S/C13H14BrN3/c14-10-3-1-2-9-7-12(17-15)11(16-13(9)10)6-8-4-5-8/h1-3,7-8,17H,4-6,15H2. The molecule has 1 aliphatic rings. The fourth-order valence-corrected chi connectivity index (χ4v) is 2.55. The number of hydrogen-bond donors (Lipinski definition) is 2. The van der Waals surface area contributed by atoms with Gasteiger partial charge in [-0.25, -0.2) is 4.98 Å². The largest absolute Gasteiger partial charge is 0.322 e. The van der Waals surface area contributed by atoms with Gasteiger partial charge in [-0.3, -0.25) is 5.84 Å². The van der Waals surface area contributed by atoms with E-state index in [0.717, 1.165) is 39.1 Å². The maximum absolute atomic E-state index is 5.57. The highest BCUT2D eigenvalue weighted by Gasteiger charge is 2.23. The van der Waals surface area contributed by atoms with Crippen LogP contribution >= 0.6 is 15.9 Å². The molecular formula is C13H14BrN3. The maximum Gasteiger partial charge on any atom is 0.0848 e. The molecule has 1 heterocycles. The van der Waals surface area contributed by atoms with Crippen LogP contribution in [-0.4, -0.2) is 4.98 Å². The molecule has 0 atom stereocenters. The van der Waals surface area contributed by atoms with Gasteiger partial charge in [0.15, 0.2) is 0 Å². The van der Waals surface area contributed by atoms with Crippen LogP contribution in [0.2, 0.25) is 0 Å². The van der Waals surface area contributed by atoms with Crippen molar-refractivity contribution >= 4 is 32.5 Å². The summed E-state index contributed by atoms with van der Waals surface area (Å²) in [7, 11) is 0. The highest BCUT2D eigenvalue weighted by atomic mass is 79.9. The molecule has 4 heteroatoms. The van der Waals surface area contributed by atoms with Crippen molar-refractivity contribution in [1.29, 1.82) is 0 Å². The Labute approximate surface area is 109 Å². The minimum absolute atomic E-state index is 0.800. The number of para-hydroxylation sites is 1. The molecule has 3 rings (SSSR count). The Morgan fingerprint density at radius 2 is 2.24 bits per heavy atom. The topological polar surface area (TPSA) is 50.9 Å². The number of fused-ring (bicyclic) bond motifs is 1. The van der Waals surface area contributed by atoms with E-state index in [0.29, 0.717) is 0 Å². The molecule has 0 aliphatic heterocycles. The van der Waals surface area contributed by atoms with Crippen LogP contribution in [0, 0.1) is 5.92 Å². The summed E-state index contributed by atoms with van der Waals surface area (Å²) in [5.41, 5.74) is 5.80. The second-order valence-corrected chi connectivity index (χ2v) is 5.44. The average Bonchev–Trinajstić information content (AvgIpc) is 3.13. The zero-order chi connectivity index (χ0) is 11.8. The third-order valence-corrected chi connectivity index (χ3v) is 3.85. The fourth-order valence-electron chi connectivity index (χ4n) is 2.08. The van der Waals surface area contributed by atoms with Gasteiger partial charge in [0.2, 0.25) is 0 Å². The monoisotopic (exact) mass is 291 g/mol. The van der Waals surface area contributed by atoms with Gasteiger partial charge in [0, 0.05) is 9.86 Å². The lowest BCUT2D eigenvalue weighted by molar-refractivity contribution is 0.809.